The van der Waals surface area contributed by atoms with E-state index in [-0.39, 0.29) is 0 Å². The van der Waals surface area contributed by atoms with Gasteiger partial charge in [-0.15, -0.1) is 0 Å². The summed E-state index contributed by atoms with van der Waals surface area (Å²) in [5, 5.41) is 0. The summed E-state index contributed by atoms with van der Waals surface area (Å²) >= 11 is 0. The van der Waals surface area contributed by atoms with Gasteiger partial charge in [-0.1, -0.05) is 27.7 Å². The molecule has 0 aromatic carbocycles. The van der Waals surface area contributed by atoms with Crippen LogP contribution in [0.3, 0.4) is 0 Å². The highest BCUT2D eigenvalue weighted by Gasteiger charge is 2.35. The van der Waals surface area contributed by atoms with Gasteiger partial charge in [0, 0.05) is 12.3 Å². The van der Waals surface area contributed by atoms with E-state index in [0.717, 1.165) is 12.8 Å². The summed E-state index contributed by atoms with van der Waals surface area (Å²) in [7, 11) is 0. The number of ketones is 1. The van der Waals surface area contributed by atoms with Crippen molar-refractivity contribution < 1.29 is 4.79 Å². The van der Waals surface area contributed by atoms with Gasteiger partial charge in [-0.3, -0.25) is 4.79 Å². The van der Waals surface area contributed by atoms with Crippen LogP contribution in [0.15, 0.2) is 0 Å². The highest BCUT2D eigenvalue weighted by Crippen LogP contribution is 2.39. The third kappa shape index (κ3) is 1.88. The van der Waals surface area contributed by atoms with Crippen molar-refractivity contribution in [1.82, 2.24) is 0 Å². The maximum absolute atomic E-state index is 11.5. The molecule has 0 aromatic rings. The minimum atomic E-state index is 0.291. The lowest BCUT2D eigenvalue weighted by atomic mass is 9.67. The normalized spacial score (nSPS) is 32.2. The van der Waals surface area contributed by atoms with Crippen molar-refractivity contribution in [1.29, 1.82) is 0 Å². The molecule has 0 spiro atoms. The van der Waals surface area contributed by atoms with Gasteiger partial charge in [0.15, 0.2) is 0 Å². The summed E-state index contributed by atoms with van der Waals surface area (Å²) < 4.78 is 0. The SMILES string of the molecule is C[C@@H]1C(=O)CCC[C@@H]1C(C)(C)C. The fourth-order valence-electron chi connectivity index (χ4n) is 2.38. The predicted octanol–water partition coefficient (Wildman–Crippen LogP) is 3.04. The summed E-state index contributed by atoms with van der Waals surface area (Å²) in [6, 6.07) is 0. The van der Waals surface area contributed by atoms with Crippen LogP contribution in [-0.2, 0) is 4.79 Å². The van der Waals surface area contributed by atoms with E-state index < -0.39 is 0 Å². The number of carbonyl (C=O) groups is 1. The van der Waals surface area contributed by atoms with E-state index in [1.54, 1.807) is 0 Å². The van der Waals surface area contributed by atoms with Crippen LogP contribution in [0.4, 0.5) is 0 Å². The van der Waals surface area contributed by atoms with Crippen LogP contribution in [0.2, 0.25) is 0 Å². The first-order chi connectivity index (χ1) is 5.43. The molecule has 0 aliphatic heterocycles. The van der Waals surface area contributed by atoms with Gasteiger partial charge in [0.2, 0.25) is 0 Å². The molecule has 0 aromatic heterocycles. The predicted molar refractivity (Wildman–Crippen MR) is 51.0 cm³/mol. The molecule has 0 bridgehead atoms. The quantitative estimate of drug-likeness (QED) is 0.543. The summed E-state index contributed by atoms with van der Waals surface area (Å²) in [4.78, 5) is 11.5. The van der Waals surface area contributed by atoms with E-state index >= 15 is 0 Å². The lowest BCUT2D eigenvalue weighted by Gasteiger charge is -2.37. The summed E-state index contributed by atoms with van der Waals surface area (Å²) in [5.41, 5.74) is 0.301. The number of hydrogen-bond donors (Lipinski definition) is 0. The third-order valence-corrected chi connectivity index (χ3v) is 3.16. The Morgan fingerprint density at radius 2 is 1.92 bits per heavy atom. The molecule has 2 atom stereocenters. The molecule has 0 saturated heterocycles. The highest BCUT2D eigenvalue weighted by molar-refractivity contribution is 5.81. The molecular weight excluding hydrogens is 148 g/mol. The maximum atomic E-state index is 11.5. The second-order valence-electron chi connectivity index (χ2n) is 5.12. The maximum Gasteiger partial charge on any atom is 0.135 e. The molecule has 1 saturated carbocycles. The molecule has 1 rings (SSSR count). The molecular formula is C11H20O. The Morgan fingerprint density at radius 1 is 1.33 bits per heavy atom. The Hall–Kier alpha value is -0.330. The summed E-state index contributed by atoms with van der Waals surface area (Å²) in [6.45, 7) is 8.82. The van der Waals surface area contributed by atoms with Gasteiger partial charge in [0.1, 0.15) is 5.78 Å². The molecule has 0 amide bonds. The Labute approximate surface area is 75.5 Å². The molecule has 1 aliphatic carbocycles. The zero-order valence-electron chi connectivity index (χ0n) is 8.68. The molecule has 1 aliphatic rings. The van der Waals surface area contributed by atoms with Crippen molar-refractivity contribution in [3.8, 4) is 0 Å². The fraction of sp³-hybridized carbons (Fsp3) is 0.909. The monoisotopic (exact) mass is 168 g/mol. The Morgan fingerprint density at radius 3 is 2.33 bits per heavy atom. The Bertz CT molecular complexity index is 176. The average Bonchev–Trinajstić information content (AvgIpc) is 1.92. The van der Waals surface area contributed by atoms with Gasteiger partial charge in [-0.2, -0.15) is 0 Å². The zero-order chi connectivity index (χ0) is 9.35. The zero-order valence-corrected chi connectivity index (χ0v) is 8.68. The van der Waals surface area contributed by atoms with E-state index in [9.17, 15) is 4.79 Å². The van der Waals surface area contributed by atoms with Crippen molar-refractivity contribution in [2.75, 3.05) is 0 Å². The van der Waals surface area contributed by atoms with Crippen LogP contribution < -0.4 is 0 Å². The standard InChI is InChI=1S/C11H20O/c1-8-9(11(2,3)4)6-5-7-10(8)12/h8-9H,5-7H2,1-4H3/t8-,9-/m0/s1. The van der Waals surface area contributed by atoms with Crippen LogP contribution in [0.25, 0.3) is 0 Å². The van der Waals surface area contributed by atoms with Crippen LogP contribution >= 0.6 is 0 Å². The lowest BCUT2D eigenvalue weighted by Crippen LogP contribution is -2.34. The first-order valence-corrected chi connectivity index (χ1v) is 4.95. The number of rotatable bonds is 0. The van der Waals surface area contributed by atoms with Crippen LogP contribution in [0.5, 0.6) is 0 Å². The molecule has 70 valence electrons. The summed E-state index contributed by atoms with van der Waals surface area (Å²) in [6.07, 6.45) is 3.15. The topological polar surface area (TPSA) is 17.1 Å². The second-order valence-corrected chi connectivity index (χ2v) is 5.12. The van der Waals surface area contributed by atoms with Crippen molar-refractivity contribution in [2.24, 2.45) is 17.3 Å². The van der Waals surface area contributed by atoms with Crippen molar-refractivity contribution >= 4 is 5.78 Å². The Balaban J connectivity index is 2.70. The van der Waals surface area contributed by atoms with Crippen molar-refractivity contribution in [3.63, 3.8) is 0 Å². The van der Waals surface area contributed by atoms with Crippen LogP contribution in [0, 0.1) is 17.3 Å². The molecule has 1 heteroatoms. The molecule has 0 N–H and O–H groups in total. The minimum absolute atomic E-state index is 0.291. The average molecular weight is 168 g/mol. The van der Waals surface area contributed by atoms with E-state index in [4.69, 9.17) is 0 Å². The number of carbonyl (C=O) groups excluding carboxylic acids is 1. The van der Waals surface area contributed by atoms with E-state index in [1.807, 2.05) is 0 Å². The van der Waals surface area contributed by atoms with E-state index in [2.05, 4.69) is 27.7 Å². The molecule has 1 fully saturated rings. The number of Topliss-reactive ketones (excluding diaryl/α,β-unsaturated/α-hetero) is 1. The minimum Gasteiger partial charge on any atom is -0.299 e. The molecule has 0 heterocycles. The van der Waals surface area contributed by atoms with Gasteiger partial charge in [-0.05, 0) is 24.2 Å². The molecule has 12 heavy (non-hydrogen) atoms. The van der Waals surface area contributed by atoms with E-state index in [0.29, 0.717) is 23.0 Å². The highest BCUT2D eigenvalue weighted by atomic mass is 16.1. The first kappa shape index (κ1) is 9.76. The molecule has 1 nitrogen and oxygen atoms in total. The third-order valence-electron chi connectivity index (χ3n) is 3.16. The van der Waals surface area contributed by atoms with Gasteiger partial charge >= 0.3 is 0 Å². The largest absolute Gasteiger partial charge is 0.299 e. The first-order valence-electron chi connectivity index (χ1n) is 4.95. The lowest BCUT2D eigenvalue weighted by molar-refractivity contribution is -0.128. The van der Waals surface area contributed by atoms with Crippen molar-refractivity contribution in [2.45, 2.75) is 47.0 Å². The summed E-state index contributed by atoms with van der Waals surface area (Å²) in [5.74, 6) is 1.36. The van der Waals surface area contributed by atoms with Crippen molar-refractivity contribution in [3.05, 3.63) is 0 Å². The molecule has 0 unspecified atom stereocenters. The van der Waals surface area contributed by atoms with Crippen LogP contribution in [-0.4, -0.2) is 5.78 Å². The second kappa shape index (κ2) is 3.20. The van der Waals surface area contributed by atoms with Gasteiger partial charge in [0.05, 0.1) is 0 Å². The fourth-order valence-corrected chi connectivity index (χ4v) is 2.38. The van der Waals surface area contributed by atoms with Gasteiger partial charge in [0.25, 0.3) is 0 Å². The van der Waals surface area contributed by atoms with E-state index in [1.165, 1.54) is 6.42 Å². The van der Waals surface area contributed by atoms with Gasteiger partial charge < -0.3 is 0 Å². The number of hydrogen-bond acceptors (Lipinski definition) is 1. The Kier molecular flexibility index (Phi) is 2.60. The molecule has 0 radical (unpaired) electrons. The smallest absolute Gasteiger partial charge is 0.135 e. The van der Waals surface area contributed by atoms with Crippen LogP contribution in [0.1, 0.15) is 47.0 Å². The van der Waals surface area contributed by atoms with Gasteiger partial charge in [-0.25, -0.2) is 0 Å².